The van der Waals surface area contributed by atoms with Gasteiger partial charge < -0.3 is 10.4 Å². The van der Waals surface area contributed by atoms with E-state index in [-0.39, 0.29) is 12.5 Å². The van der Waals surface area contributed by atoms with Crippen molar-refractivity contribution in [1.29, 1.82) is 0 Å². The summed E-state index contributed by atoms with van der Waals surface area (Å²) in [6, 6.07) is 0. The van der Waals surface area contributed by atoms with Crippen LogP contribution in [0.5, 0.6) is 0 Å². The summed E-state index contributed by atoms with van der Waals surface area (Å²) in [5.74, 6) is 1.52. The highest BCUT2D eigenvalue weighted by Gasteiger charge is 2.17. The number of carbonyl (C=O) groups excluding carboxylic acids is 1. The van der Waals surface area contributed by atoms with Crippen molar-refractivity contribution in [2.45, 2.75) is 19.3 Å². The Labute approximate surface area is 87.4 Å². The largest absolute Gasteiger partial charge is 0.480 e. The number of amides is 1. The Bertz CT molecular complexity index is 214. The first-order valence-corrected chi connectivity index (χ1v) is 5.90. The molecule has 4 nitrogen and oxygen atoms in total. The monoisotopic (exact) mass is 217 g/mol. The van der Waals surface area contributed by atoms with E-state index in [1.165, 1.54) is 12.2 Å². The summed E-state index contributed by atoms with van der Waals surface area (Å²) in [5.41, 5.74) is 0. The van der Waals surface area contributed by atoms with E-state index in [9.17, 15) is 9.59 Å². The number of carboxylic acids is 1. The van der Waals surface area contributed by atoms with Crippen LogP contribution >= 0.6 is 11.8 Å². The number of rotatable bonds is 4. The topological polar surface area (TPSA) is 66.4 Å². The molecule has 1 heterocycles. The first-order chi connectivity index (χ1) is 6.68. The highest BCUT2D eigenvalue weighted by Crippen LogP contribution is 2.24. The summed E-state index contributed by atoms with van der Waals surface area (Å²) in [5, 5.41) is 10.7. The van der Waals surface area contributed by atoms with Crippen LogP contribution < -0.4 is 5.32 Å². The third-order valence-corrected chi connectivity index (χ3v) is 3.45. The highest BCUT2D eigenvalue weighted by atomic mass is 32.2. The lowest BCUT2D eigenvalue weighted by molar-refractivity contribution is -0.138. The maximum Gasteiger partial charge on any atom is 0.322 e. The average Bonchev–Trinajstić information content (AvgIpc) is 2.16. The molecule has 80 valence electrons. The van der Waals surface area contributed by atoms with Crippen molar-refractivity contribution in [3.8, 4) is 0 Å². The minimum atomic E-state index is -0.989. The second-order valence-corrected chi connectivity index (χ2v) is 4.61. The molecule has 0 aliphatic carbocycles. The van der Waals surface area contributed by atoms with Crippen molar-refractivity contribution >= 4 is 23.6 Å². The van der Waals surface area contributed by atoms with Crippen molar-refractivity contribution < 1.29 is 14.7 Å². The Kier molecular flexibility index (Phi) is 4.79. The Morgan fingerprint density at radius 2 is 2.29 bits per heavy atom. The second kappa shape index (κ2) is 5.90. The predicted molar refractivity (Wildman–Crippen MR) is 55.3 cm³/mol. The van der Waals surface area contributed by atoms with Gasteiger partial charge in [-0.15, -0.1) is 0 Å². The van der Waals surface area contributed by atoms with Crippen molar-refractivity contribution in [3.63, 3.8) is 0 Å². The summed E-state index contributed by atoms with van der Waals surface area (Å²) in [4.78, 5) is 21.4. The van der Waals surface area contributed by atoms with Crippen molar-refractivity contribution in [2.75, 3.05) is 18.1 Å². The summed E-state index contributed by atoms with van der Waals surface area (Å²) < 4.78 is 0. The summed E-state index contributed by atoms with van der Waals surface area (Å²) >= 11 is 1.87. The van der Waals surface area contributed by atoms with Gasteiger partial charge in [0.25, 0.3) is 0 Å². The van der Waals surface area contributed by atoms with E-state index in [0.29, 0.717) is 12.3 Å². The Balaban J connectivity index is 2.15. The first-order valence-electron chi connectivity index (χ1n) is 4.74. The molecule has 0 bridgehead atoms. The van der Waals surface area contributed by atoms with Crippen molar-refractivity contribution in [1.82, 2.24) is 5.32 Å². The molecule has 0 saturated carbocycles. The van der Waals surface area contributed by atoms with Gasteiger partial charge in [0, 0.05) is 6.42 Å². The van der Waals surface area contributed by atoms with Crippen LogP contribution in [0.3, 0.4) is 0 Å². The van der Waals surface area contributed by atoms with Gasteiger partial charge in [-0.1, -0.05) is 0 Å². The molecule has 14 heavy (non-hydrogen) atoms. The summed E-state index contributed by atoms with van der Waals surface area (Å²) in [6.07, 6.45) is 2.73. The van der Waals surface area contributed by atoms with Crippen molar-refractivity contribution in [2.24, 2.45) is 5.92 Å². The zero-order chi connectivity index (χ0) is 10.4. The van der Waals surface area contributed by atoms with Gasteiger partial charge in [0.05, 0.1) is 0 Å². The van der Waals surface area contributed by atoms with E-state index < -0.39 is 5.97 Å². The number of carbonyl (C=O) groups is 2. The van der Waals surface area contributed by atoms with E-state index in [0.717, 1.165) is 12.2 Å². The zero-order valence-corrected chi connectivity index (χ0v) is 8.81. The van der Waals surface area contributed by atoms with Crippen LogP contribution in [0, 0.1) is 5.92 Å². The van der Waals surface area contributed by atoms with Crippen LogP contribution in [0.25, 0.3) is 0 Å². The quantitative estimate of drug-likeness (QED) is 0.728. The SMILES string of the molecule is O=C(O)CNC(=O)CC1CCCSC1. The Morgan fingerprint density at radius 1 is 1.50 bits per heavy atom. The molecular formula is C9H15NO3S. The number of aliphatic carboxylic acids is 1. The molecule has 1 fully saturated rings. The number of nitrogens with one attached hydrogen (secondary N) is 1. The van der Waals surface area contributed by atoms with Crippen LogP contribution in [0.15, 0.2) is 0 Å². The Morgan fingerprint density at radius 3 is 2.86 bits per heavy atom. The number of thioether (sulfide) groups is 1. The molecule has 0 aromatic carbocycles. The molecule has 1 amide bonds. The smallest absolute Gasteiger partial charge is 0.322 e. The molecule has 0 aromatic rings. The van der Waals surface area contributed by atoms with Crippen LogP contribution in [-0.2, 0) is 9.59 Å². The number of hydrogen-bond donors (Lipinski definition) is 2. The van der Waals surface area contributed by atoms with Gasteiger partial charge >= 0.3 is 5.97 Å². The second-order valence-electron chi connectivity index (χ2n) is 3.46. The van der Waals surface area contributed by atoms with E-state index in [4.69, 9.17) is 5.11 Å². The summed E-state index contributed by atoms with van der Waals surface area (Å²) in [7, 11) is 0. The number of carboxylic acid groups (broad SMARTS) is 1. The molecule has 1 saturated heterocycles. The molecule has 2 N–H and O–H groups in total. The lowest BCUT2D eigenvalue weighted by atomic mass is 10.0. The van der Waals surface area contributed by atoms with Crippen LogP contribution in [0.1, 0.15) is 19.3 Å². The summed E-state index contributed by atoms with van der Waals surface area (Å²) in [6.45, 7) is -0.265. The van der Waals surface area contributed by atoms with Crippen molar-refractivity contribution in [3.05, 3.63) is 0 Å². The molecule has 1 rings (SSSR count). The molecule has 5 heteroatoms. The normalized spacial score (nSPS) is 21.6. The van der Waals surface area contributed by atoms with Gasteiger partial charge in [-0.25, -0.2) is 0 Å². The lowest BCUT2D eigenvalue weighted by Gasteiger charge is -2.20. The van der Waals surface area contributed by atoms with E-state index in [1.54, 1.807) is 0 Å². The maximum absolute atomic E-state index is 11.2. The molecule has 1 aliphatic heterocycles. The highest BCUT2D eigenvalue weighted by molar-refractivity contribution is 7.99. The van der Waals surface area contributed by atoms with Gasteiger partial charge in [-0.2, -0.15) is 11.8 Å². The minimum absolute atomic E-state index is 0.139. The molecule has 1 atom stereocenters. The molecule has 1 aliphatic rings. The number of hydrogen-bond acceptors (Lipinski definition) is 3. The van der Waals surface area contributed by atoms with E-state index in [1.807, 2.05) is 11.8 Å². The van der Waals surface area contributed by atoms with Gasteiger partial charge in [-0.3, -0.25) is 9.59 Å². The fourth-order valence-corrected chi connectivity index (χ4v) is 2.63. The fraction of sp³-hybridized carbons (Fsp3) is 0.778. The van der Waals surface area contributed by atoms with Gasteiger partial charge in [0.15, 0.2) is 0 Å². The third-order valence-electron chi connectivity index (χ3n) is 2.17. The molecule has 0 aromatic heterocycles. The standard InChI is InChI=1S/C9H15NO3S/c11-8(10-5-9(12)13)4-7-2-1-3-14-6-7/h7H,1-6H2,(H,10,11)(H,12,13). The zero-order valence-electron chi connectivity index (χ0n) is 7.99. The average molecular weight is 217 g/mol. The van der Waals surface area contributed by atoms with Crippen LogP contribution in [-0.4, -0.2) is 35.0 Å². The van der Waals surface area contributed by atoms with Gasteiger partial charge in [0.2, 0.25) is 5.91 Å². The third kappa shape index (κ3) is 4.50. The minimum Gasteiger partial charge on any atom is -0.480 e. The molecule has 0 spiro atoms. The van der Waals surface area contributed by atoms with Gasteiger partial charge in [-0.05, 0) is 30.3 Å². The van der Waals surface area contributed by atoms with Gasteiger partial charge in [0.1, 0.15) is 6.54 Å². The maximum atomic E-state index is 11.2. The fourth-order valence-electron chi connectivity index (χ4n) is 1.48. The molecule has 1 unspecified atom stereocenters. The lowest BCUT2D eigenvalue weighted by Crippen LogP contribution is -2.31. The van der Waals surface area contributed by atoms with Crippen LogP contribution in [0.4, 0.5) is 0 Å². The predicted octanol–water partition coefficient (Wildman–Crippen LogP) is 0.720. The van der Waals surface area contributed by atoms with E-state index in [2.05, 4.69) is 5.32 Å². The first kappa shape index (κ1) is 11.4. The Hall–Kier alpha value is -0.710. The molecule has 0 radical (unpaired) electrons. The van der Waals surface area contributed by atoms with Crippen LogP contribution in [0.2, 0.25) is 0 Å². The van der Waals surface area contributed by atoms with E-state index >= 15 is 0 Å². The molecular weight excluding hydrogens is 202 g/mol.